The predicted molar refractivity (Wildman–Crippen MR) is 98.4 cm³/mol. The molecular formula is C17H13BrN2O3S. The molecule has 3 rings (SSSR count). The minimum Gasteiger partial charge on any atom is -0.508 e. The summed E-state index contributed by atoms with van der Waals surface area (Å²) in [5.41, 5.74) is 1.43. The zero-order chi connectivity index (χ0) is 17.1. The number of nitrogens with zero attached hydrogens (tertiary/aromatic N) is 1. The van der Waals surface area contributed by atoms with Crippen LogP contribution < -0.4 is 5.32 Å². The van der Waals surface area contributed by atoms with Gasteiger partial charge in [0.1, 0.15) is 16.0 Å². The number of thioether (sulfide) groups is 1. The Morgan fingerprint density at radius 2 is 1.83 bits per heavy atom. The minimum absolute atomic E-state index is 0.0602. The van der Waals surface area contributed by atoms with Gasteiger partial charge in [0, 0.05) is 22.1 Å². The Labute approximate surface area is 151 Å². The molecule has 0 saturated carbocycles. The van der Waals surface area contributed by atoms with Gasteiger partial charge < -0.3 is 10.4 Å². The molecule has 1 aliphatic rings. The van der Waals surface area contributed by atoms with Gasteiger partial charge in [0.2, 0.25) is 5.91 Å². The lowest BCUT2D eigenvalue weighted by Gasteiger charge is -2.08. The maximum atomic E-state index is 12.1. The Balaban J connectivity index is 1.60. The number of rotatable bonds is 4. The number of hydrogen-bond acceptors (Lipinski definition) is 4. The van der Waals surface area contributed by atoms with Crippen molar-refractivity contribution >= 4 is 50.2 Å². The molecule has 0 radical (unpaired) electrons. The fourth-order valence-electron chi connectivity index (χ4n) is 2.16. The Bertz CT molecular complexity index is 804. The van der Waals surface area contributed by atoms with Crippen LogP contribution in [-0.4, -0.2) is 27.2 Å². The van der Waals surface area contributed by atoms with Crippen LogP contribution in [0.2, 0.25) is 0 Å². The third kappa shape index (κ3) is 4.04. The molecule has 2 aromatic carbocycles. The van der Waals surface area contributed by atoms with Gasteiger partial charge >= 0.3 is 0 Å². The van der Waals surface area contributed by atoms with Gasteiger partial charge in [-0.25, -0.2) is 4.99 Å². The van der Waals surface area contributed by atoms with Crippen molar-refractivity contribution in [1.82, 2.24) is 0 Å². The van der Waals surface area contributed by atoms with E-state index in [-0.39, 0.29) is 24.0 Å². The second kappa shape index (κ2) is 7.19. The summed E-state index contributed by atoms with van der Waals surface area (Å²) in [6.07, 6.45) is 0.0602. The molecule has 1 atom stereocenters. The van der Waals surface area contributed by atoms with E-state index < -0.39 is 5.25 Å². The molecule has 24 heavy (non-hydrogen) atoms. The number of aromatic hydroxyl groups is 1. The second-order valence-electron chi connectivity index (χ2n) is 5.17. The molecule has 0 aromatic heterocycles. The van der Waals surface area contributed by atoms with E-state index in [0.717, 1.165) is 10.0 Å². The third-order valence-electron chi connectivity index (χ3n) is 3.35. The van der Waals surface area contributed by atoms with Crippen molar-refractivity contribution in [2.45, 2.75) is 11.7 Å². The Morgan fingerprint density at radius 3 is 2.50 bits per heavy atom. The number of phenols is 1. The summed E-state index contributed by atoms with van der Waals surface area (Å²) in [6, 6.07) is 13.7. The normalized spacial score (nSPS) is 16.8. The van der Waals surface area contributed by atoms with E-state index in [4.69, 9.17) is 0 Å². The average molecular weight is 405 g/mol. The SMILES string of the molecule is O=C(C[C@@H]1SC(c2ccc(O)cc2)=NC1=O)Nc1ccc(Br)cc1. The summed E-state index contributed by atoms with van der Waals surface area (Å²) >= 11 is 4.60. The first-order chi connectivity index (χ1) is 11.5. The maximum absolute atomic E-state index is 12.1. The minimum atomic E-state index is -0.524. The van der Waals surface area contributed by atoms with Crippen LogP contribution in [0.3, 0.4) is 0 Å². The van der Waals surface area contributed by atoms with Crippen molar-refractivity contribution in [3.05, 3.63) is 58.6 Å². The van der Waals surface area contributed by atoms with Gasteiger partial charge in [0.25, 0.3) is 5.91 Å². The number of phenolic OH excluding ortho intramolecular Hbond substituents is 1. The average Bonchev–Trinajstić information content (AvgIpc) is 2.91. The van der Waals surface area contributed by atoms with E-state index in [1.165, 1.54) is 23.9 Å². The molecule has 0 saturated heterocycles. The zero-order valence-electron chi connectivity index (χ0n) is 12.4. The fourth-order valence-corrected chi connectivity index (χ4v) is 3.50. The molecule has 2 aromatic rings. The molecule has 1 aliphatic heterocycles. The molecule has 0 bridgehead atoms. The van der Waals surface area contributed by atoms with E-state index in [1.54, 1.807) is 24.3 Å². The van der Waals surface area contributed by atoms with Crippen LogP contribution in [0.1, 0.15) is 12.0 Å². The molecular weight excluding hydrogens is 392 g/mol. The van der Waals surface area contributed by atoms with Gasteiger partial charge in [-0.05, 0) is 48.5 Å². The summed E-state index contributed by atoms with van der Waals surface area (Å²) in [6.45, 7) is 0. The maximum Gasteiger partial charge on any atom is 0.260 e. The van der Waals surface area contributed by atoms with E-state index in [2.05, 4.69) is 26.2 Å². The van der Waals surface area contributed by atoms with Crippen molar-refractivity contribution < 1.29 is 14.7 Å². The van der Waals surface area contributed by atoms with Crippen molar-refractivity contribution in [3.63, 3.8) is 0 Å². The van der Waals surface area contributed by atoms with Crippen LogP contribution in [0.25, 0.3) is 0 Å². The highest BCUT2D eigenvalue weighted by atomic mass is 79.9. The number of aliphatic imine (C=N–C) groups is 1. The number of anilines is 1. The van der Waals surface area contributed by atoms with E-state index in [0.29, 0.717) is 10.7 Å². The summed E-state index contributed by atoms with van der Waals surface area (Å²) in [4.78, 5) is 28.1. The third-order valence-corrected chi connectivity index (χ3v) is 5.09. The first-order valence-corrected chi connectivity index (χ1v) is 8.82. The molecule has 2 N–H and O–H groups in total. The first-order valence-electron chi connectivity index (χ1n) is 7.15. The lowest BCUT2D eigenvalue weighted by Crippen LogP contribution is -2.21. The zero-order valence-corrected chi connectivity index (χ0v) is 14.8. The van der Waals surface area contributed by atoms with Crippen LogP contribution in [-0.2, 0) is 9.59 Å². The second-order valence-corrected chi connectivity index (χ2v) is 7.27. The lowest BCUT2D eigenvalue weighted by molar-refractivity contribution is -0.121. The summed E-state index contributed by atoms with van der Waals surface area (Å²) in [7, 11) is 0. The highest BCUT2D eigenvalue weighted by Crippen LogP contribution is 2.30. The van der Waals surface area contributed by atoms with Crippen molar-refractivity contribution in [1.29, 1.82) is 0 Å². The molecule has 0 unspecified atom stereocenters. The van der Waals surface area contributed by atoms with Crippen LogP contribution in [0.15, 0.2) is 58.0 Å². The van der Waals surface area contributed by atoms with Gasteiger partial charge in [-0.15, -0.1) is 0 Å². The highest BCUT2D eigenvalue weighted by Gasteiger charge is 2.31. The number of carbonyl (C=O) groups excluding carboxylic acids is 2. The van der Waals surface area contributed by atoms with Gasteiger partial charge in [0.15, 0.2) is 0 Å². The smallest absolute Gasteiger partial charge is 0.260 e. The van der Waals surface area contributed by atoms with Crippen molar-refractivity contribution in [2.75, 3.05) is 5.32 Å². The number of halogens is 1. The summed E-state index contributed by atoms with van der Waals surface area (Å²) in [5.74, 6) is -0.390. The Morgan fingerprint density at radius 1 is 1.17 bits per heavy atom. The molecule has 2 amide bonds. The van der Waals surface area contributed by atoms with Crippen LogP contribution in [0.4, 0.5) is 5.69 Å². The van der Waals surface area contributed by atoms with Gasteiger partial charge in [0.05, 0.1) is 0 Å². The summed E-state index contributed by atoms with van der Waals surface area (Å²) in [5, 5.41) is 12.1. The van der Waals surface area contributed by atoms with Gasteiger partial charge in [-0.2, -0.15) is 0 Å². The monoisotopic (exact) mass is 404 g/mol. The Hall–Kier alpha value is -2.12. The number of carbonyl (C=O) groups is 2. The number of hydrogen-bond donors (Lipinski definition) is 2. The van der Waals surface area contributed by atoms with E-state index in [1.807, 2.05) is 12.1 Å². The van der Waals surface area contributed by atoms with Crippen LogP contribution in [0.5, 0.6) is 5.75 Å². The quantitative estimate of drug-likeness (QED) is 0.815. The molecule has 1 heterocycles. The van der Waals surface area contributed by atoms with Crippen LogP contribution >= 0.6 is 27.7 Å². The molecule has 122 valence electrons. The topological polar surface area (TPSA) is 78.8 Å². The van der Waals surface area contributed by atoms with Crippen molar-refractivity contribution in [3.8, 4) is 5.75 Å². The van der Waals surface area contributed by atoms with Crippen molar-refractivity contribution in [2.24, 2.45) is 4.99 Å². The Kier molecular flexibility index (Phi) is 5.01. The lowest BCUT2D eigenvalue weighted by atomic mass is 10.2. The fraction of sp³-hybridized carbons (Fsp3) is 0.118. The molecule has 5 nitrogen and oxygen atoms in total. The molecule has 7 heteroatoms. The van der Waals surface area contributed by atoms with Crippen LogP contribution in [0, 0.1) is 0 Å². The first kappa shape index (κ1) is 16.7. The molecule has 0 fully saturated rings. The van der Waals surface area contributed by atoms with E-state index in [9.17, 15) is 14.7 Å². The number of nitrogens with one attached hydrogen (secondary N) is 1. The number of benzene rings is 2. The predicted octanol–water partition coefficient (Wildman–Crippen LogP) is 3.57. The van der Waals surface area contributed by atoms with E-state index >= 15 is 0 Å². The standard InChI is InChI=1S/C17H13BrN2O3S/c18-11-3-5-12(6-4-11)19-15(22)9-14-16(23)20-17(24-14)10-1-7-13(21)8-2-10/h1-8,14,21H,9H2,(H,19,22)/t14-/m0/s1. The highest BCUT2D eigenvalue weighted by molar-refractivity contribution is 9.10. The summed E-state index contributed by atoms with van der Waals surface area (Å²) < 4.78 is 0.925. The van der Waals surface area contributed by atoms with Gasteiger partial charge in [-0.1, -0.05) is 27.7 Å². The molecule has 0 spiro atoms. The number of amides is 2. The largest absolute Gasteiger partial charge is 0.508 e. The molecule has 0 aliphatic carbocycles. The van der Waals surface area contributed by atoms with Gasteiger partial charge in [-0.3, -0.25) is 9.59 Å².